The van der Waals surface area contributed by atoms with Crippen molar-refractivity contribution >= 4 is 11.6 Å². The van der Waals surface area contributed by atoms with E-state index in [4.69, 9.17) is 4.74 Å². The average molecular weight is 462 g/mol. The van der Waals surface area contributed by atoms with Crippen molar-refractivity contribution in [2.24, 2.45) is 0 Å². The van der Waals surface area contributed by atoms with Crippen LogP contribution < -0.4 is 10.2 Å². The third kappa shape index (κ3) is 5.31. The Labute approximate surface area is 204 Å². The van der Waals surface area contributed by atoms with E-state index < -0.39 is 0 Å². The van der Waals surface area contributed by atoms with Gasteiger partial charge in [0.2, 0.25) is 0 Å². The van der Waals surface area contributed by atoms with Crippen molar-refractivity contribution < 1.29 is 9.53 Å². The molecule has 0 unspecified atom stereocenters. The predicted octanol–water partition coefficient (Wildman–Crippen LogP) is 4.62. The van der Waals surface area contributed by atoms with Gasteiger partial charge in [-0.15, -0.1) is 0 Å². The van der Waals surface area contributed by atoms with Gasteiger partial charge in [0, 0.05) is 55.4 Å². The highest BCUT2D eigenvalue weighted by Gasteiger charge is 2.34. The van der Waals surface area contributed by atoms with Gasteiger partial charge in [-0.05, 0) is 55.5 Å². The third-order valence-electron chi connectivity index (χ3n) is 8.20. The van der Waals surface area contributed by atoms with Crippen molar-refractivity contribution in [2.45, 2.75) is 56.4 Å². The number of piperidine rings is 1. The standard InChI is InChI=1S/C29H39N3O2/c33-28(32-19-21-34-22-20-32)24-9-11-27(12-10-24)31-17-13-26(14-18-31)30-23-29(15-5-2-6-16-29)25-7-3-1-4-8-25/h1,3-4,7-12,26,30H,2,5-6,13-23H2. The van der Waals surface area contributed by atoms with Crippen LogP contribution in [0, 0.1) is 0 Å². The van der Waals surface area contributed by atoms with E-state index in [1.54, 1.807) is 0 Å². The second kappa shape index (κ2) is 10.9. The van der Waals surface area contributed by atoms with Gasteiger partial charge < -0.3 is 19.9 Å². The number of benzene rings is 2. The molecule has 2 aliphatic heterocycles. The number of morpholine rings is 1. The molecule has 0 spiro atoms. The number of carbonyl (C=O) groups is 1. The first kappa shape index (κ1) is 23.4. The largest absolute Gasteiger partial charge is 0.378 e. The van der Waals surface area contributed by atoms with Crippen LogP contribution >= 0.6 is 0 Å². The van der Waals surface area contributed by atoms with Crippen LogP contribution in [0.15, 0.2) is 54.6 Å². The van der Waals surface area contributed by atoms with Crippen LogP contribution in [0.25, 0.3) is 0 Å². The summed E-state index contributed by atoms with van der Waals surface area (Å²) in [5.74, 6) is 0.118. The van der Waals surface area contributed by atoms with E-state index in [1.807, 2.05) is 17.0 Å². The number of hydrogen-bond donors (Lipinski definition) is 1. The first-order valence-electron chi connectivity index (χ1n) is 13.2. The topological polar surface area (TPSA) is 44.8 Å². The number of anilines is 1. The highest BCUT2D eigenvalue weighted by atomic mass is 16.5. The Balaban J connectivity index is 1.14. The molecule has 2 heterocycles. The third-order valence-corrected chi connectivity index (χ3v) is 8.20. The molecule has 1 aliphatic carbocycles. The number of hydrogen-bond acceptors (Lipinski definition) is 4. The zero-order valence-corrected chi connectivity index (χ0v) is 20.4. The van der Waals surface area contributed by atoms with E-state index in [0.717, 1.165) is 25.2 Å². The molecule has 1 amide bonds. The number of carbonyl (C=O) groups excluding carboxylic acids is 1. The summed E-state index contributed by atoms with van der Waals surface area (Å²) in [5, 5.41) is 3.98. The SMILES string of the molecule is O=C(c1ccc(N2CCC(NCC3(c4ccccc4)CCCCC3)CC2)cc1)N1CCOCC1. The molecule has 2 aromatic carbocycles. The molecule has 1 saturated carbocycles. The number of nitrogens with zero attached hydrogens (tertiary/aromatic N) is 2. The first-order chi connectivity index (χ1) is 16.7. The maximum Gasteiger partial charge on any atom is 0.254 e. The zero-order valence-electron chi connectivity index (χ0n) is 20.4. The minimum Gasteiger partial charge on any atom is -0.378 e. The lowest BCUT2D eigenvalue weighted by Gasteiger charge is -2.41. The van der Waals surface area contributed by atoms with Gasteiger partial charge in [0.1, 0.15) is 0 Å². The van der Waals surface area contributed by atoms with Crippen LogP contribution in [-0.2, 0) is 10.2 Å². The monoisotopic (exact) mass is 461 g/mol. The fourth-order valence-electron chi connectivity index (χ4n) is 6.03. The minimum absolute atomic E-state index is 0.118. The molecule has 5 nitrogen and oxygen atoms in total. The Bertz CT molecular complexity index is 910. The summed E-state index contributed by atoms with van der Waals surface area (Å²) in [6.45, 7) is 5.87. The van der Waals surface area contributed by atoms with E-state index in [9.17, 15) is 4.79 Å². The summed E-state index contributed by atoms with van der Waals surface area (Å²) < 4.78 is 5.37. The normalized spacial score (nSPS) is 21.4. The predicted molar refractivity (Wildman–Crippen MR) is 138 cm³/mol. The smallest absolute Gasteiger partial charge is 0.254 e. The highest BCUT2D eigenvalue weighted by Crippen LogP contribution is 2.39. The molecule has 5 heteroatoms. The van der Waals surface area contributed by atoms with Gasteiger partial charge in [-0.3, -0.25) is 4.79 Å². The molecule has 0 atom stereocenters. The first-order valence-corrected chi connectivity index (χ1v) is 13.2. The fourth-order valence-corrected chi connectivity index (χ4v) is 6.03. The van der Waals surface area contributed by atoms with E-state index in [-0.39, 0.29) is 5.91 Å². The molecule has 2 aromatic rings. The summed E-state index contributed by atoms with van der Waals surface area (Å²) in [4.78, 5) is 17.1. The molecule has 3 fully saturated rings. The Morgan fingerprint density at radius 2 is 1.56 bits per heavy atom. The van der Waals surface area contributed by atoms with Crippen LogP contribution in [0.5, 0.6) is 0 Å². The van der Waals surface area contributed by atoms with Crippen molar-refractivity contribution in [3.63, 3.8) is 0 Å². The van der Waals surface area contributed by atoms with Crippen molar-refractivity contribution in [2.75, 3.05) is 50.8 Å². The lowest BCUT2D eigenvalue weighted by atomic mass is 9.69. The second-order valence-electron chi connectivity index (χ2n) is 10.3. The molecule has 5 rings (SSSR count). The molecular formula is C29H39N3O2. The van der Waals surface area contributed by atoms with E-state index in [2.05, 4.69) is 52.7 Å². The molecule has 182 valence electrons. The van der Waals surface area contributed by atoms with Gasteiger partial charge in [-0.25, -0.2) is 0 Å². The minimum atomic E-state index is 0.118. The Hall–Kier alpha value is -2.37. The summed E-state index contributed by atoms with van der Waals surface area (Å²) in [6.07, 6.45) is 9.01. The quantitative estimate of drug-likeness (QED) is 0.682. The molecule has 2 saturated heterocycles. The Morgan fingerprint density at radius 3 is 2.24 bits per heavy atom. The van der Waals surface area contributed by atoms with Gasteiger partial charge in [0.25, 0.3) is 5.91 Å². The summed E-state index contributed by atoms with van der Waals surface area (Å²) >= 11 is 0. The molecular weight excluding hydrogens is 422 g/mol. The molecule has 34 heavy (non-hydrogen) atoms. The number of amides is 1. The van der Waals surface area contributed by atoms with Crippen LogP contribution in [0.3, 0.4) is 0 Å². The van der Waals surface area contributed by atoms with Gasteiger partial charge in [0.15, 0.2) is 0 Å². The van der Waals surface area contributed by atoms with Crippen LogP contribution in [0.4, 0.5) is 5.69 Å². The second-order valence-corrected chi connectivity index (χ2v) is 10.3. The summed E-state index contributed by atoms with van der Waals surface area (Å²) in [6, 6.07) is 20.0. The highest BCUT2D eigenvalue weighted by molar-refractivity contribution is 5.94. The number of nitrogens with one attached hydrogen (secondary N) is 1. The van der Waals surface area contributed by atoms with Crippen LogP contribution in [-0.4, -0.2) is 62.8 Å². The number of ether oxygens (including phenoxy) is 1. The zero-order chi connectivity index (χ0) is 23.2. The van der Waals surface area contributed by atoms with Gasteiger partial charge in [-0.2, -0.15) is 0 Å². The van der Waals surface area contributed by atoms with Crippen molar-refractivity contribution in [3.05, 3.63) is 65.7 Å². The Morgan fingerprint density at radius 1 is 0.882 bits per heavy atom. The van der Waals surface area contributed by atoms with Crippen LogP contribution in [0.2, 0.25) is 0 Å². The van der Waals surface area contributed by atoms with Crippen molar-refractivity contribution in [1.82, 2.24) is 10.2 Å². The maximum atomic E-state index is 12.7. The van der Waals surface area contributed by atoms with Crippen molar-refractivity contribution in [3.8, 4) is 0 Å². The lowest BCUT2D eigenvalue weighted by Crippen LogP contribution is -2.48. The van der Waals surface area contributed by atoms with E-state index >= 15 is 0 Å². The summed E-state index contributed by atoms with van der Waals surface area (Å²) in [5.41, 5.74) is 3.83. The van der Waals surface area contributed by atoms with E-state index in [0.29, 0.717) is 37.8 Å². The van der Waals surface area contributed by atoms with Gasteiger partial charge in [0.05, 0.1) is 13.2 Å². The average Bonchev–Trinajstić information content (AvgIpc) is 2.93. The summed E-state index contributed by atoms with van der Waals surface area (Å²) in [7, 11) is 0. The molecule has 0 aromatic heterocycles. The molecule has 0 bridgehead atoms. The maximum absolute atomic E-state index is 12.7. The molecule has 1 N–H and O–H groups in total. The Kier molecular flexibility index (Phi) is 7.51. The lowest BCUT2D eigenvalue weighted by molar-refractivity contribution is 0.0303. The van der Waals surface area contributed by atoms with Gasteiger partial charge >= 0.3 is 0 Å². The number of rotatable bonds is 6. The van der Waals surface area contributed by atoms with Crippen molar-refractivity contribution in [1.29, 1.82) is 0 Å². The van der Waals surface area contributed by atoms with Crippen LogP contribution in [0.1, 0.15) is 60.9 Å². The van der Waals surface area contributed by atoms with E-state index in [1.165, 1.54) is 56.2 Å². The fraction of sp³-hybridized carbons (Fsp3) is 0.552. The molecule has 3 aliphatic rings. The van der Waals surface area contributed by atoms with Gasteiger partial charge in [-0.1, -0.05) is 49.6 Å². The molecule has 0 radical (unpaired) electrons.